The summed E-state index contributed by atoms with van der Waals surface area (Å²) in [7, 11) is 0. The molecule has 1 heterocycles. The van der Waals surface area contributed by atoms with Gasteiger partial charge in [-0.05, 0) is 43.5 Å². The molecule has 2 aromatic rings. The molecule has 2 aliphatic rings. The van der Waals surface area contributed by atoms with Gasteiger partial charge in [-0.3, -0.25) is 9.59 Å². The van der Waals surface area contributed by atoms with Gasteiger partial charge in [0.15, 0.2) is 0 Å². The van der Waals surface area contributed by atoms with Gasteiger partial charge in [0.2, 0.25) is 11.8 Å². The van der Waals surface area contributed by atoms with E-state index in [2.05, 4.69) is 18.3 Å². The summed E-state index contributed by atoms with van der Waals surface area (Å²) >= 11 is 0. The highest BCUT2D eigenvalue weighted by Gasteiger charge is 2.51. The van der Waals surface area contributed by atoms with Crippen molar-refractivity contribution in [2.24, 2.45) is 11.8 Å². The average Bonchev–Trinajstić information content (AvgIpc) is 3.32. The van der Waals surface area contributed by atoms with Crippen LogP contribution in [0.25, 0.3) is 0 Å². The van der Waals surface area contributed by atoms with Gasteiger partial charge in [-0.1, -0.05) is 36.4 Å². The van der Waals surface area contributed by atoms with E-state index in [1.807, 2.05) is 53.4 Å². The van der Waals surface area contributed by atoms with E-state index in [0.29, 0.717) is 6.42 Å². The third-order valence-corrected chi connectivity index (χ3v) is 4.93. The maximum Gasteiger partial charge on any atom is 0.231 e. The van der Waals surface area contributed by atoms with Gasteiger partial charge in [0.25, 0.3) is 0 Å². The number of para-hydroxylation sites is 2. The van der Waals surface area contributed by atoms with E-state index in [4.69, 9.17) is 0 Å². The van der Waals surface area contributed by atoms with E-state index in [-0.39, 0.29) is 29.7 Å². The van der Waals surface area contributed by atoms with Crippen molar-refractivity contribution in [3.05, 3.63) is 60.2 Å². The average molecular weight is 320 g/mol. The van der Waals surface area contributed by atoms with Crippen LogP contribution in [-0.4, -0.2) is 17.9 Å². The molecule has 1 fully saturated rings. The fourth-order valence-electron chi connectivity index (χ4n) is 3.59. The summed E-state index contributed by atoms with van der Waals surface area (Å²) in [4.78, 5) is 27.1. The molecule has 2 amide bonds. The lowest BCUT2D eigenvalue weighted by atomic mass is 10.1. The lowest BCUT2D eigenvalue weighted by Gasteiger charge is -2.23. The molecule has 1 aliphatic heterocycles. The first-order valence-electron chi connectivity index (χ1n) is 8.42. The summed E-state index contributed by atoms with van der Waals surface area (Å²) < 4.78 is 0. The van der Waals surface area contributed by atoms with Crippen LogP contribution in [0.15, 0.2) is 54.6 Å². The molecule has 122 valence electrons. The normalized spacial score (nSPS) is 24.4. The van der Waals surface area contributed by atoms with Gasteiger partial charge in [0.1, 0.15) is 0 Å². The monoisotopic (exact) mass is 320 g/mol. The molecule has 3 unspecified atom stereocenters. The molecule has 0 spiro atoms. The molecule has 0 saturated heterocycles. The van der Waals surface area contributed by atoms with Crippen LogP contribution in [0.2, 0.25) is 0 Å². The highest BCUT2D eigenvalue weighted by atomic mass is 16.2. The van der Waals surface area contributed by atoms with Crippen molar-refractivity contribution in [3.8, 4) is 0 Å². The smallest absolute Gasteiger partial charge is 0.231 e. The number of nitrogens with zero attached hydrogens (tertiary/aromatic N) is 1. The zero-order valence-corrected chi connectivity index (χ0v) is 13.6. The second kappa shape index (κ2) is 5.78. The molecule has 3 atom stereocenters. The minimum atomic E-state index is -0.210. The Labute approximate surface area is 141 Å². The largest absolute Gasteiger partial charge is 0.326 e. The van der Waals surface area contributed by atoms with Crippen LogP contribution < -0.4 is 10.2 Å². The summed E-state index contributed by atoms with van der Waals surface area (Å²) in [5.41, 5.74) is 2.99. The Morgan fingerprint density at radius 3 is 2.50 bits per heavy atom. The molecule has 1 saturated carbocycles. The number of anilines is 2. The minimum Gasteiger partial charge on any atom is -0.326 e. The van der Waals surface area contributed by atoms with Crippen molar-refractivity contribution in [3.63, 3.8) is 0 Å². The second-order valence-corrected chi connectivity index (χ2v) is 6.69. The predicted octanol–water partition coefficient (Wildman–Crippen LogP) is 3.24. The van der Waals surface area contributed by atoms with Crippen LogP contribution in [0, 0.1) is 11.8 Å². The molecule has 4 rings (SSSR count). The summed E-state index contributed by atoms with van der Waals surface area (Å²) in [6, 6.07) is 17.6. The highest BCUT2D eigenvalue weighted by Crippen LogP contribution is 2.44. The van der Waals surface area contributed by atoms with Crippen LogP contribution in [0.5, 0.6) is 0 Å². The summed E-state index contributed by atoms with van der Waals surface area (Å²) in [5, 5.41) is 2.90. The third-order valence-electron chi connectivity index (χ3n) is 4.93. The second-order valence-electron chi connectivity index (χ2n) is 6.69. The Kier molecular flexibility index (Phi) is 3.60. The SMILES string of the molecule is CC1Cc2ccccc2N1C(=O)C1CC1C(=O)Nc1ccccc1. The third kappa shape index (κ3) is 2.58. The minimum absolute atomic E-state index is 0.0558. The number of fused-ring (bicyclic) bond motifs is 1. The molecule has 4 nitrogen and oxygen atoms in total. The van der Waals surface area contributed by atoms with Gasteiger partial charge in [0, 0.05) is 17.4 Å². The Hall–Kier alpha value is -2.62. The maximum absolute atomic E-state index is 12.9. The van der Waals surface area contributed by atoms with Gasteiger partial charge >= 0.3 is 0 Å². The van der Waals surface area contributed by atoms with Gasteiger partial charge in [-0.2, -0.15) is 0 Å². The molecule has 24 heavy (non-hydrogen) atoms. The van der Waals surface area contributed by atoms with Crippen molar-refractivity contribution >= 4 is 23.2 Å². The molecule has 0 bridgehead atoms. The molecule has 4 heteroatoms. The lowest BCUT2D eigenvalue weighted by molar-refractivity contribution is -0.123. The van der Waals surface area contributed by atoms with Gasteiger partial charge in [-0.25, -0.2) is 0 Å². The standard InChI is InChI=1S/C20H20N2O2/c1-13-11-14-7-5-6-10-18(14)22(13)20(24)17-12-16(17)19(23)21-15-8-3-2-4-9-15/h2-10,13,16-17H,11-12H2,1H3,(H,21,23). The molecule has 1 aliphatic carbocycles. The van der Waals surface area contributed by atoms with Crippen molar-refractivity contribution in [2.45, 2.75) is 25.8 Å². The van der Waals surface area contributed by atoms with Crippen LogP contribution in [0.4, 0.5) is 11.4 Å². The number of carbonyl (C=O) groups excluding carboxylic acids is 2. The molecule has 1 N–H and O–H groups in total. The highest BCUT2D eigenvalue weighted by molar-refractivity contribution is 6.05. The van der Waals surface area contributed by atoms with Crippen LogP contribution in [0.1, 0.15) is 18.9 Å². The fourth-order valence-corrected chi connectivity index (χ4v) is 3.59. The summed E-state index contributed by atoms with van der Waals surface area (Å²) in [6.07, 6.45) is 1.53. The van der Waals surface area contributed by atoms with E-state index < -0.39 is 0 Å². The van der Waals surface area contributed by atoms with Crippen molar-refractivity contribution < 1.29 is 9.59 Å². The van der Waals surface area contributed by atoms with Gasteiger partial charge in [-0.15, -0.1) is 0 Å². The van der Waals surface area contributed by atoms with Crippen LogP contribution in [-0.2, 0) is 16.0 Å². The van der Waals surface area contributed by atoms with Crippen LogP contribution >= 0.6 is 0 Å². The van der Waals surface area contributed by atoms with E-state index in [1.165, 1.54) is 5.56 Å². The number of hydrogen-bond acceptors (Lipinski definition) is 2. The number of hydrogen-bond donors (Lipinski definition) is 1. The number of nitrogens with one attached hydrogen (secondary N) is 1. The topological polar surface area (TPSA) is 49.4 Å². The Morgan fingerprint density at radius 2 is 1.71 bits per heavy atom. The van der Waals surface area contributed by atoms with E-state index >= 15 is 0 Å². The summed E-state index contributed by atoms with van der Waals surface area (Å²) in [6.45, 7) is 2.07. The molecule has 0 radical (unpaired) electrons. The fraction of sp³-hybridized carbons (Fsp3) is 0.300. The van der Waals surface area contributed by atoms with Gasteiger partial charge < -0.3 is 10.2 Å². The Balaban J connectivity index is 1.45. The van der Waals surface area contributed by atoms with Crippen molar-refractivity contribution in [2.75, 3.05) is 10.2 Å². The zero-order chi connectivity index (χ0) is 16.7. The number of carbonyl (C=O) groups is 2. The van der Waals surface area contributed by atoms with Gasteiger partial charge in [0.05, 0.1) is 11.8 Å². The Morgan fingerprint density at radius 1 is 1.00 bits per heavy atom. The summed E-state index contributed by atoms with van der Waals surface area (Å²) in [5.74, 6) is -0.375. The number of benzene rings is 2. The number of amides is 2. The van der Waals surface area contributed by atoms with Crippen molar-refractivity contribution in [1.29, 1.82) is 0 Å². The van der Waals surface area contributed by atoms with E-state index in [0.717, 1.165) is 17.8 Å². The molecular weight excluding hydrogens is 300 g/mol. The van der Waals surface area contributed by atoms with E-state index in [9.17, 15) is 9.59 Å². The molecular formula is C20H20N2O2. The van der Waals surface area contributed by atoms with E-state index in [1.54, 1.807) is 0 Å². The molecule has 2 aromatic carbocycles. The lowest BCUT2D eigenvalue weighted by Crippen LogP contribution is -2.37. The Bertz CT molecular complexity index is 787. The first kappa shape index (κ1) is 14.9. The predicted molar refractivity (Wildman–Crippen MR) is 93.8 cm³/mol. The van der Waals surface area contributed by atoms with Crippen molar-refractivity contribution in [1.82, 2.24) is 0 Å². The molecule has 0 aromatic heterocycles. The van der Waals surface area contributed by atoms with Crippen LogP contribution in [0.3, 0.4) is 0 Å². The zero-order valence-electron chi connectivity index (χ0n) is 13.6. The first-order chi connectivity index (χ1) is 11.6. The maximum atomic E-state index is 12.9. The first-order valence-corrected chi connectivity index (χ1v) is 8.42. The number of rotatable bonds is 3. The quantitative estimate of drug-likeness (QED) is 0.944.